The highest BCUT2D eigenvalue weighted by molar-refractivity contribution is 5.99. The van der Waals surface area contributed by atoms with Gasteiger partial charge >= 0.3 is 0 Å². The van der Waals surface area contributed by atoms with Crippen molar-refractivity contribution in [1.29, 1.82) is 0 Å². The van der Waals surface area contributed by atoms with E-state index in [-0.39, 0.29) is 12.6 Å². The molecular formula is C27H30FN7O2. The standard InChI is InChI=1S/C21H18N6O2.C6H12FN/c1-2-18(28)24-15-4-3-5-16(12-15)29-20-17-10-11-23-19(17)26-21(27-20)25-14-8-6-13(22)7-9-14;7-3-6-8-4-1-2-5-8/h2-12H,1,22H2,(H,24,28)(H2,23,25,26,27);1-6H2. The number of nitrogens with zero attached hydrogens (tertiary/aromatic N) is 3. The summed E-state index contributed by atoms with van der Waals surface area (Å²) in [7, 11) is 0. The number of aromatic amines is 1. The second-order valence-electron chi connectivity index (χ2n) is 8.40. The molecule has 4 aromatic rings. The van der Waals surface area contributed by atoms with Gasteiger partial charge in [-0.15, -0.1) is 0 Å². The van der Waals surface area contributed by atoms with E-state index in [2.05, 4.69) is 37.1 Å². The van der Waals surface area contributed by atoms with Crippen LogP contribution < -0.4 is 21.1 Å². The zero-order chi connectivity index (χ0) is 26.0. The van der Waals surface area contributed by atoms with Crippen LogP contribution in [0.5, 0.6) is 11.6 Å². The molecule has 0 bridgehead atoms. The van der Waals surface area contributed by atoms with Crippen molar-refractivity contribution >= 4 is 40.0 Å². The van der Waals surface area contributed by atoms with Gasteiger partial charge in [0.05, 0.1) is 5.39 Å². The van der Waals surface area contributed by atoms with Gasteiger partial charge in [0, 0.05) is 35.9 Å². The molecule has 0 radical (unpaired) electrons. The van der Waals surface area contributed by atoms with Crippen LogP contribution in [0.3, 0.4) is 0 Å². The number of carbonyl (C=O) groups is 1. The van der Waals surface area contributed by atoms with Crippen molar-refractivity contribution in [2.75, 3.05) is 42.7 Å². The van der Waals surface area contributed by atoms with Gasteiger partial charge in [0.15, 0.2) is 0 Å². The Hall–Kier alpha value is -4.44. The van der Waals surface area contributed by atoms with Gasteiger partial charge < -0.3 is 31.0 Å². The predicted octanol–water partition coefficient (Wildman–Crippen LogP) is 5.25. The number of H-pyrrole nitrogens is 1. The SMILES string of the molecule is C=CC(=O)Nc1cccc(Oc2nc(Nc3ccc(N)cc3)nc3[nH]ccc23)c1.FCCN1CCCC1. The average Bonchev–Trinajstić information content (AvgIpc) is 3.59. The van der Waals surface area contributed by atoms with Gasteiger partial charge in [-0.25, -0.2) is 4.39 Å². The third-order valence-corrected chi connectivity index (χ3v) is 5.65. The Labute approximate surface area is 214 Å². The molecule has 1 amide bonds. The Morgan fingerprint density at radius 3 is 2.65 bits per heavy atom. The van der Waals surface area contributed by atoms with Gasteiger partial charge in [0.2, 0.25) is 17.7 Å². The molecule has 192 valence electrons. The maximum absolute atomic E-state index is 11.6. The molecule has 0 saturated carbocycles. The van der Waals surface area contributed by atoms with Crippen molar-refractivity contribution < 1.29 is 13.9 Å². The third kappa shape index (κ3) is 7.28. The number of nitrogen functional groups attached to an aromatic ring is 1. The lowest BCUT2D eigenvalue weighted by atomic mass is 10.3. The maximum Gasteiger partial charge on any atom is 0.247 e. The fourth-order valence-electron chi connectivity index (χ4n) is 3.81. The smallest absolute Gasteiger partial charge is 0.247 e. The Balaban J connectivity index is 0.000000342. The fraction of sp³-hybridized carbons (Fsp3) is 0.222. The van der Waals surface area contributed by atoms with Gasteiger partial charge in [-0.2, -0.15) is 9.97 Å². The molecule has 9 nitrogen and oxygen atoms in total. The topological polar surface area (TPSA) is 121 Å². The summed E-state index contributed by atoms with van der Waals surface area (Å²) in [5, 5.41) is 6.57. The second-order valence-corrected chi connectivity index (χ2v) is 8.40. The minimum Gasteiger partial charge on any atom is -0.438 e. The molecule has 10 heteroatoms. The molecule has 1 fully saturated rings. The van der Waals surface area contributed by atoms with Crippen LogP contribution >= 0.6 is 0 Å². The quantitative estimate of drug-likeness (QED) is 0.191. The van der Waals surface area contributed by atoms with Gasteiger partial charge in [0.25, 0.3) is 0 Å². The summed E-state index contributed by atoms with van der Waals surface area (Å²) in [5.41, 5.74) is 8.41. The molecule has 5 N–H and O–H groups in total. The van der Waals surface area contributed by atoms with E-state index in [0.29, 0.717) is 41.1 Å². The molecule has 5 rings (SSSR count). The lowest BCUT2D eigenvalue weighted by Gasteiger charge is -2.10. The van der Waals surface area contributed by atoms with Crippen molar-refractivity contribution in [2.45, 2.75) is 12.8 Å². The number of hydrogen-bond donors (Lipinski definition) is 4. The summed E-state index contributed by atoms with van der Waals surface area (Å²) in [6.07, 6.45) is 5.50. The fourth-order valence-corrected chi connectivity index (χ4v) is 3.81. The Morgan fingerprint density at radius 2 is 1.92 bits per heavy atom. The van der Waals surface area contributed by atoms with E-state index < -0.39 is 0 Å². The molecule has 1 aliphatic heterocycles. The number of benzene rings is 2. The number of halogens is 1. The van der Waals surface area contributed by atoms with Gasteiger partial charge in [-0.05, 0) is 74.5 Å². The number of carbonyl (C=O) groups excluding carboxylic acids is 1. The zero-order valence-corrected chi connectivity index (χ0v) is 20.4. The van der Waals surface area contributed by atoms with Crippen LogP contribution in [0.1, 0.15) is 12.8 Å². The molecular weight excluding hydrogens is 473 g/mol. The summed E-state index contributed by atoms with van der Waals surface area (Å²) in [6, 6.07) is 16.1. The van der Waals surface area contributed by atoms with Crippen molar-refractivity contribution in [2.24, 2.45) is 0 Å². The van der Waals surface area contributed by atoms with E-state index in [4.69, 9.17) is 10.5 Å². The lowest BCUT2D eigenvalue weighted by Crippen LogP contribution is -2.21. The largest absolute Gasteiger partial charge is 0.438 e. The van der Waals surface area contributed by atoms with Crippen LogP contribution in [0.15, 0.2) is 73.4 Å². The molecule has 1 aliphatic rings. The van der Waals surface area contributed by atoms with Crippen molar-refractivity contribution in [3.8, 4) is 11.6 Å². The first kappa shape index (κ1) is 25.6. The highest BCUT2D eigenvalue weighted by Crippen LogP contribution is 2.30. The highest BCUT2D eigenvalue weighted by atomic mass is 19.1. The van der Waals surface area contributed by atoms with E-state index >= 15 is 0 Å². The van der Waals surface area contributed by atoms with E-state index in [1.807, 2.05) is 18.2 Å². The molecule has 2 aromatic heterocycles. The first-order chi connectivity index (χ1) is 18.0. The molecule has 0 spiro atoms. The Kier molecular flexibility index (Phi) is 8.66. The van der Waals surface area contributed by atoms with E-state index in [1.165, 1.54) is 18.9 Å². The normalized spacial score (nSPS) is 13.0. The van der Waals surface area contributed by atoms with Crippen LogP contribution in [-0.4, -0.2) is 52.1 Å². The number of likely N-dealkylation sites (tertiary alicyclic amines) is 1. The maximum atomic E-state index is 11.6. The molecule has 0 unspecified atom stereocenters. The number of hydrogen-bond acceptors (Lipinski definition) is 7. The van der Waals surface area contributed by atoms with E-state index in [1.54, 1.807) is 42.6 Å². The number of rotatable bonds is 8. The summed E-state index contributed by atoms with van der Waals surface area (Å²) < 4.78 is 17.6. The minimum atomic E-state index is -0.299. The van der Waals surface area contributed by atoms with Crippen molar-refractivity contribution in [1.82, 2.24) is 19.9 Å². The number of nitrogens with two attached hydrogens (primary N) is 1. The number of alkyl halides is 1. The van der Waals surface area contributed by atoms with E-state index in [9.17, 15) is 9.18 Å². The third-order valence-electron chi connectivity index (χ3n) is 5.65. The van der Waals surface area contributed by atoms with Crippen molar-refractivity contribution in [3.63, 3.8) is 0 Å². The number of amides is 1. The Bertz CT molecular complexity index is 1330. The van der Waals surface area contributed by atoms with Crippen LogP contribution in [0.2, 0.25) is 0 Å². The van der Waals surface area contributed by atoms with Crippen LogP contribution in [0, 0.1) is 0 Å². The number of aromatic nitrogens is 3. The summed E-state index contributed by atoms with van der Waals surface area (Å²) in [4.78, 5) is 25.7. The summed E-state index contributed by atoms with van der Waals surface area (Å²) >= 11 is 0. The van der Waals surface area contributed by atoms with Gasteiger partial charge in [0.1, 0.15) is 18.1 Å². The monoisotopic (exact) mass is 503 g/mol. The summed E-state index contributed by atoms with van der Waals surface area (Å²) in [5.74, 6) is 0.968. The average molecular weight is 504 g/mol. The lowest BCUT2D eigenvalue weighted by molar-refractivity contribution is -0.111. The number of ether oxygens (including phenoxy) is 1. The number of fused-ring (bicyclic) bond motifs is 1. The first-order valence-corrected chi connectivity index (χ1v) is 12.0. The molecule has 2 aromatic carbocycles. The predicted molar refractivity (Wildman–Crippen MR) is 145 cm³/mol. The molecule has 0 aliphatic carbocycles. The van der Waals surface area contributed by atoms with E-state index in [0.717, 1.165) is 24.2 Å². The van der Waals surface area contributed by atoms with Crippen LogP contribution in [0.25, 0.3) is 11.0 Å². The molecule has 37 heavy (non-hydrogen) atoms. The molecule has 1 saturated heterocycles. The highest BCUT2D eigenvalue weighted by Gasteiger charge is 2.12. The van der Waals surface area contributed by atoms with Gasteiger partial charge in [-0.3, -0.25) is 4.79 Å². The van der Waals surface area contributed by atoms with Gasteiger partial charge in [-0.1, -0.05) is 12.6 Å². The van der Waals surface area contributed by atoms with Crippen LogP contribution in [0.4, 0.5) is 27.4 Å². The molecule has 0 atom stereocenters. The number of nitrogens with one attached hydrogen (secondary N) is 3. The van der Waals surface area contributed by atoms with Crippen LogP contribution in [-0.2, 0) is 4.79 Å². The molecule has 3 heterocycles. The summed E-state index contributed by atoms with van der Waals surface area (Å²) in [6.45, 7) is 6.15. The second kappa shape index (κ2) is 12.5. The Morgan fingerprint density at radius 1 is 1.14 bits per heavy atom. The zero-order valence-electron chi connectivity index (χ0n) is 20.4. The van der Waals surface area contributed by atoms with Crippen molar-refractivity contribution in [3.05, 3.63) is 73.4 Å². The first-order valence-electron chi connectivity index (χ1n) is 12.0. The minimum absolute atomic E-state index is 0.181. The number of anilines is 4.